The maximum absolute atomic E-state index is 12.6. The van der Waals surface area contributed by atoms with Gasteiger partial charge in [0.15, 0.2) is 0 Å². The molecule has 1 atom stereocenters. The van der Waals surface area contributed by atoms with Crippen LogP contribution in [0.25, 0.3) is 0 Å². The summed E-state index contributed by atoms with van der Waals surface area (Å²) in [5.41, 5.74) is 6.54. The lowest BCUT2D eigenvalue weighted by molar-refractivity contribution is 0.0691. The third kappa shape index (κ3) is 3.73. The first-order valence-corrected chi connectivity index (χ1v) is 8.78. The van der Waals surface area contributed by atoms with Crippen LogP contribution >= 0.6 is 0 Å². The van der Waals surface area contributed by atoms with Crippen molar-refractivity contribution >= 4 is 21.6 Å². The number of anilines is 1. The Kier molecular flexibility index (Phi) is 4.52. The normalized spacial score (nSPS) is 19.7. The monoisotopic (exact) mass is 315 g/mol. The molecule has 0 saturated carbocycles. The highest BCUT2D eigenvalue weighted by Gasteiger charge is 2.28. The van der Waals surface area contributed by atoms with Gasteiger partial charge in [-0.3, -0.25) is 9.48 Å². The number of nitrogens with two attached hydrogens (primary N) is 1. The summed E-state index contributed by atoms with van der Waals surface area (Å²) in [5.74, 6) is -0.202. The number of piperidine rings is 1. The molecule has 1 unspecified atom stereocenters. The minimum atomic E-state index is -3.28. The minimum absolute atomic E-state index is 0.202. The lowest BCUT2D eigenvalue weighted by Crippen LogP contribution is -2.49. The van der Waals surface area contributed by atoms with Gasteiger partial charge in [-0.05, 0) is 19.8 Å². The second-order valence-electron chi connectivity index (χ2n) is 5.24. The number of rotatable bonds is 4. The summed E-state index contributed by atoms with van der Waals surface area (Å²) in [5, 5.41) is 4.06. The molecule has 0 radical (unpaired) electrons. The predicted molar refractivity (Wildman–Crippen MR) is 79.2 cm³/mol. The van der Waals surface area contributed by atoms with Gasteiger partial charge in [0.25, 0.3) is 5.91 Å². The van der Waals surface area contributed by atoms with E-state index in [0.717, 1.165) is 19.1 Å². The molecule has 3 N–H and O–H groups in total. The largest absolute Gasteiger partial charge is 0.396 e. The number of sulfonamides is 1. The van der Waals surface area contributed by atoms with Crippen LogP contribution in [0, 0.1) is 0 Å². The molecule has 1 aliphatic heterocycles. The SMILES string of the molecule is CCn1ncc(N)c1C(=O)N1CCCC(NS(C)(=O)=O)C1. The number of likely N-dealkylation sites (tertiary alicyclic amines) is 1. The zero-order chi connectivity index (χ0) is 15.6. The number of hydrogen-bond acceptors (Lipinski definition) is 5. The summed E-state index contributed by atoms with van der Waals surface area (Å²) in [7, 11) is -3.28. The quantitative estimate of drug-likeness (QED) is 0.788. The highest BCUT2D eigenvalue weighted by molar-refractivity contribution is 7.88. The Labute approximate surface area is 124 Å². The van der Waals surface area contributed by atoms with Gasteiger partial charge in [-0.15, -0.1) is 0 Å². The number of carbonyl (C=O) groups excluding carboxylic acids is 1. The Morgan fingerprint density at radius 3 is 2.90 bits per heavy atom. The Morgan fingerprint density at radius 1 is 1.57 bits per heavy atom. The maximum atomic E-state index is 12.6. The molecule has 1 fully saturated rings. The average molecular weight is 315 g/mol. The fourth-order valence-corrected chi connectivity index (χ4v) is 3.38. The van der Waals surface area contributed by atoms with Crippen molar-refractivity contribution < 1.29 is 13.2 Å². The van der Waals surface area contributed by atoms with Gasteiger partial charge >= 0.3 is 0 Å². The molecule has 1 amide bonds. The van der Waals surface area contributed by atoms with Gasteiger partial charge in [0.2, 0.25) is 10.0 Å². The van der Waals surface area contributed by atoms with E-state index in [9.17, 15) is 13.2 Å². The first-order valence-electron chi connectivity index (χ1n) is 6.89. The fraction of sp³-hybridized carbons (Fsp3) is 0.667. The summed E-state index contributed by atoms with van der Waals surface area (Å²) >= 11 is 0. The van der Waals surface area contributed by atoms with E-state index < -0.39 is 10.0 Å². The van der Waals surface area contributed by atoms with Gasteiger partial charge in [-0.25, -0.2) is 13.1 Å². The number of nitrogens with zero attached hydrogens (tertiary/aromatic N) is 3. The molecular formula is C12H21N5O3S. The van der Waals surface area contributed by atoms with Crippen molar-refractivity contribution in [3.63, 3.8) is 0 Å². The molecule has 0 aromatic carbocycles. The van der Waals surface area contributed by atoms with Crippen LogP contribution < -0.4 is 10.5 Å². The molecule has 1 aliphatic rings. The van der Waals surface area contributed by atoms with Gasteiger partial charge in [0.05, 0.1) is 18.1 Å². The first-order chi connectivity index (χ1) is 9.81. The lowest BCUT2D eigenvalue weighted by atomic mass is 10.1. The van der Waals surface area contributed by atoms with E-state index in [-0.39, 0.29) is 11.9 Å². The van der Waals surface area contributed by atoms with E-state index in [2.05, 4.69) is 9.82 Å². The fourth-order valence-electron chi connectivity index (χ4n) is 2.58. The topological polar surface area (TPSA) is 110 Å². The van der Waals surface area contributed by atoms with Gasteiger partial charge in [-0.2, -0.15) is 5.10 Å². The lowest BCUT2D eigenvalue weighted by Gasteiger charge is -2.32. The van der Waals surface area contributed by atoms with Crippen molar-refractivity contribution in [2.24, 2.45) is 0 Å². The average Bonchev–Trinajstić information content (AvgIpc) is 2.77. The molecule has 21 heavy (non-hydrogen) atoms. The number of aryl methyl sites for hydroxylation is 1. The number of hydrogen-bond donors (Lipinski definition) is 2. The highest BCUT2D eigenvalue weighted by atomic mass is 32.2. The van der Waals surface area contributed by atoms with Crippen LogP contribution in [0.15, 0.2) is 6.20 Å². The van der Waals surface area contributed by atoms with Crippen molar-refractivity contribution in [1.82, 2.24) is 19.4 Å². The van der Waals surface area contributed by atoms with Crippen molar-refractivity contribution in [3.05, 3.63) is 11.9 Å². The Balaban J connectivity index is 2.14. The Morgan fingerprint density at radius 2 is 2.29 bits per heavy atom. The summed E-state index contributed by atoms with van der Waals surface area (Å²) in [4.78, 5) is 14.2. The molecule has 2 rings (SSSR count). The summed E-state index contributed by atoms with van der Waals surface area (Å²) in [6.07, 6.45) is 4.06. The molecule has 1 saturated heterocycles. The minimum Gasteiger partial charge on any atom is -0.396 e. The van der Waals surface area contributed by atoms with Crippen LogP contribution in [0.1, 0.15) is 30.3 Å². The third-order valence-corrected chi connectivity index (χ3v) is 4.22. The van der Waals surface area contributed by atoms with Crippen LogP contribution in [0.5, 0.6) is 0 Å². The van der Waals surface area contributed by atoms with E-state index in [1.54, 1.807) is 9.58 Å². The van der Waals surface area contributed by atoms with Crippen molar-refractivity contribution in [2.75, 3.05) is 25.1 Å². The smallest absolute Gasteiger partial charge is 0.274 e. The molecule has 0 aliphatic carbocycles. The summed E-state index contributed by atoms with van der Waals surface area (Å²) < 4.78 is 26.7. The van der Waals surface area contributed by atoms with E-state index in [1.165, 1.54) is 6.20 Å². The molecule has 9 heteroatoms. The number of nitrogens with one attached hydrogen (secondary N) is 1. The van der Waals surface area contributed by atoms with Crippen LogP contribution in [-0.4, -0.2) is 54.4 Å². The van der Waals surface area contributed by atoms with Gasteiger partial charge in [0, 0.05) is 25.7 Å². The van der Waals surface area contributed by atoms with Crippen LogP contribution in [0.2, 0.25) is 0 Å². The Bertz CT molecular complexity index is 625. The van der Waals surface area contributed by atoms with Gasteiger partial charge in [0.1, 0.15) is 5.69 Å². The van der Waals surface area contributed by atoms with Gasteiger partial charge < -0.3 is 10.6 Å². The standard InChI is InChI=1S/C12H21N5O3S/c1-3-17-11(10(13)7-14-17)12(18)16-6-4-5-9(8-16)15-21(2,19)20/h7,9,15H,3-6,8,13H2,1-2H3. The van der Waals surface area contributed by atoms with Crippen molar-refractivity contribution in [3.8, 4) is 0 Å². The molecule has 1 aromatic heterocycles. The van der Waals surface area contributed by atoms with Crippen LogP contribution in [-0.2, 0) is 16.6 Å². The highest BCUT2D eigenvalue weighted by Crippen LogP contribution is 2.18. The number of amides is 1. The van der Waals surface area contributed by atoms with E-state index in [0.29, 0.717) is 31.0 Å². The van der Waals surface area contributed by atoms with E-state index in [4.69, 9.17) is 5.73 Å². The number of nitrogen functional groups attached to an aromatic ring is 1. The molecule has 2 heterocycles. The Hall–Kier alpha value is -1.61. The third-order valence-electron chi connectivity index (χ3n) is 3.46. The van der Waals surface area contributed by atoms with Crippen molar-refractivity contribution in [2.45, 2.75) is 32.4 Å². The second-order valence-corrected chi connectivity index (χ2v) is 7.02. The van der Waals surface area contributed by atoms with Crippen molar-refractivity contribution in [1.29, 1.82) is 0 Å². The number of aromatic nitrogens is 2. The molecule has 118 valence electrons. The van der Waals surface area contributed by atoms with E-state index in [1.807, 2.05) is 6.92 Å². The summed E-state index contributed by atoms with van der Waals surface area (Å²) in [6.45, 7) is 3.37. The predicted octanol–water partition coefficient (Wildman–Crippen LogP) is -0.361. The molecule has 0 spiro atoms. The zero-order valence-electron chi connectivity index (χ0n) is 12.2. The van der Waals surface area contributed by atoms with Gasteiger partial charge in [-0.1, -0.05) is 0 Å². The van der Waals surface area contributed by atoms with E-state index >= 15 is 0 Å². The molecule has 0 bridgehead atoms. The van der Waals surface area contributed by atoms with Crippen LogP contribution in [0.4, 0.5) is 5.69 Å². The first kappa shape index (κ1) is 15.8. The molecule has 8 nitrogen and oxygen atoms in total. The maximum Gasteiger partial charge on any atom is 0.274 e. The van der Waals surface area contributed by atoms with Crippen LogP contribution in [0.3, 0.4) is 0 Å². The second kappa shape index (κ2) is 6.02. The zero-order valence-corrected chi connectivity index (χ0v) is 13.1. The summed E-state index contributed by atoms with van der Waals surface area (Å²) in [6, 6.07) is -0.253. The number of carbonyl (C=O) groups is 1. The molecule has 1 aromatic rings. The molecular weight excluding hydrogens is 294 g/mol.